The molecule has 0 aliphatic heterocycles. The van der Waals surface area contributed by atoms with E-state index in [0.29, 0.717) is 18.2 Å². The van der Waals surface area contributed by atoms with E-state index in [0.717, 1.165) is 17.3 Å². The first-order chi connectivity index (χ1) is 8.79. The van der Waals surface area contributed by atoms with E-state index in [1.165, 1.54) is 0 Å². The summed E-state index contributed by atoms with van der Waals surface area (Å²) in [6.07, 6.45) is 0.750. The van der Waals surface area contributed by atoms with Crippen LogP contribution < -0.4 is 10.6 Å². The highest BCUT2D eigenvalue weighted by Crippen LogP contribution is 2.14. The molecule has 2 rings (SSSR count). The smallest absolute Gasteiger partial charge is 0.320 e. The number of halogens is 1. The van der Waals surface area contributed by atoms with Gasteiger partial charge in [0, 0.05) is 17.8 Å². The molecule has 0 aliphatic rings. The highest BCUT2D eigenvalue weighted by atomic mass is 35.5. The number of nitrogens with one attached hydrogen (secondary N) is 2. The molecule has 1 heterocycles. The molecule has 2 aromatic rings. The van der Waals surface area contributed by atoms with Gasteiger partial charge in [-0.15, -0.1) is 11.6 Å². The maximum atomic E-state index is 11.5. The molecule has 0 saturated heterocycles. The van der Waals surface area contributed by atoms with Crippen LogP contribution in [0.4, 0.5) is 10.6 Å². The zero-order valence-electron chi connectivity index (χ0n) is 9.82. The molecule has 0 unspecified atom stereocenters. The van der Waals surface area contributed by atoms with Crippen LogP contribution in [0.1, 0.15) is 6.42 Å². The molecule has 94 valence electrons. The molecule has 0 saturated carbocycles. The number of nitrogens with zero attached hydrogens (tertiary/aromatic N) is 1. The van der Waals surface area contributed by atoms with Crippen molar-refractivity contribution in [2.75, 3.05) is 17.7 Å². The summed E-state index contributed by atoms with van der Waals surface area (Å²) in [7, 11) is 0. The highest BCUT2D eigenvalue weighted by molar-refractivity contribution is 6.17. The van der Waals surface area contributed by atoms with Crippen LogP contribution >= 0.6 is 11.6 Å². The molecule has 5 heteroatoms. The van der Waals surface area contributed by atoms with Gasteiger partial charge in [0.25, 0.3) is 0 Å². The minimum Gasteiger partial charge on any atom is -0.338 e. The average Bonchev–Trinajstić information content (AvgIpc) is 2.39. The molecular formula is C13H14ClN3O. The first kappa shape index (κ1) is 12.6. The van der Waals surface area contributed by atoms with Crippen LogP contribution in [0.15, 0.2) is 36.4 Å². The second-order valence-corrected chi connectivity index (χ2v) is 4.19. The fraction of sp³-hybridized carbons (Fsp3) is 0.231. The third-order valence-corrected chi connectivity index (χ3v) is 2.70. The van der Waals surface area contributed by atoms with E-state index in [-0.39, 0.29) is 6.03 Å². The fourth-order valence-corrected chi connectivity index (χ4v) is 1.70. The van der Waals surface area contributed by atoms with E-state index in [1.807, 2.05) is 30.3 Å². The van der Waals surface area contributed by atoms with Crippen molar-refractivity contribution in [2.45, 2.75) is 6.42 Å². The fourth-order valence-electron chi connectivity index (χ4n) is 1.56. The molecule has 2 amide bonds. The van der Waals surface area contributed by atoms with E-state index < -0.39 is 0 Å². The van der Waals surface area contributed by atoms with Gasteiger partial charge in [-0.25, -0.2) is 9.78 Å². The van der Waals surface area contributed by atoms with E-state index in [2.05, 4.69) is 15.6 Å². The quantitative estimate of drug-likeness (QED) is 0.658. The van der Waals surface area contributed by atoms with Gasteiger partial charge < -0.3 is 5.32 Å². The SMILES string of the molecule is O=C(NCCCCl)Nc1ccc2ccccc2n1. The van der Waals surface area contributed by atoms with Gasteiger partial charge in [-0.2, -0.15) is 0 Å². The van der Waals surface area contributed by atoms with Gasteiger partial charge in [0.05, 0.1) is 5.52 Å². The monoisotopic (exact) mass is 263 g/mol. The van der Waals surface area contributed by atoms with Crippen molar-refractivity contribution in [3.8, 4) is 0 Å². The summed E-state index contributed by atoms with van der Waals surface area (Å²) in [5.74, 6) is 1.08. The summed E-state index contributed by atoms with van der Waals surface area (Å²) in [6, 6.07) is 11.2. The number of anilines is 1. The van der Waals surface area contributed by atoms with E-state index in [4.69, 9.17) is 11.6 Å². The molecular weight excluding hydrogens is 250 g/mol. The Kier molecular flexibility index (Phi) is 4.36. The molecule has 1 aromatic heterocycles. The van der Waals surface area contributed by atoms with E-state index in [1.54, 1.807) is 6.07 Å². The van der Waals surface area contributed by atoms with Crippen molar-refractivity contribution in [3.05, 3.63) is 36.4 Å². The number of carbonyl (C=O) groups is 1. The van der Waals surface area contributed by atoms with Crippen molar-refractivity contribution in [1.82, 2.24) is 10.3 Å². The number of hydrogen-bond donors (Lipinski definition) is 2. The minimum absolute atomic E-state index is 0.261. The zero-order valence-corrected chi connectivity index (χ0v) is 10.6. The summed E-state index contributed by atoms with van der Waals surface area (Å²) in [5, 5.41) is 6.44. The number of para-hydroxylation sites is 1. The Morgan fingerprint density at radius 2 is 2.06 bits per heavy atom. The molecule has 4 nitrogen and oxygen atoms in total. The predicted octanol–water partition coefficient (Wildman–Crippen LogP) is 2.99. The Morgan fingerprint density at radius 1 is 1.22 bits per heavy atom. The number of amides is 2. The van der Waals surface area contributed by atoms with Crippen LogP contribution in [0, 0.1) is 0 Å². The lowest BCUT2D eigenvalue weighted by molar-refractivity contribution is 0.252. The van der Waals surface area contributed by atoms with Crippen molar-refractivity contribution < 1.29 is 4.79 Å². The topological polar surface area (TPSA) is 54.0 Å². The lowest BCUT2D eigenvalue weighted by Gasteiger charge is -2.06. The van der Waals surface area contributed by atoms with Crippen molar-refractivity contribution in [2.24, 2.45) is 0 Å². The van der Waals surface area contributed by atoms with Gasteiger partial charge in [0.2, 0.25) is 0 Å². The van der Waals surface area contributed by atoms with E-state index >= 15 is 0 Å². The largest absolute Gasteiger partial charge is 0.338 e. The first-order valence-corrected chi connectivity index (χ1v) is 6.29. The predicted molar refractivity (Wildman–Crippen MR) is 74.1 cm³/mol. The van der Waals surface area contributed by atoms with Crippen LogP contribution in [0.25, 0.3) is 10.9 Å². The summed E-state index contributed by atoms with van der Waals surface area (Å²) in [4.78, 5) is 15.9. The van der Waals surface area contributed by atoms with Gasteiger partial charge >= 0.3 is 6.03 Å². The molecule has 0 spiro atoms. The number of alkyl halides is 1. The number of fused-ring (bicyclic) bond motifs is 1. The molecule has 0 bridgehead atoms. The molecule has 1 aromatic carbocycles. The Bertz CT molecular complexity index is 545. The summed E-state index contributed by atoms with van der Waals surface area (Å²) in [5.41, 5.74) is 0.857. The van der Waals surface area contributed by atoms with Crippen molar-refractivity contribution in [1.29, 1.82) is 0 Å². The van der Waals surface area contributed by atoms with Gasteiger partial charge in [-0.1, -0.05) is 18.2 Å². The normalized spacial score (nSPS) is 10.3. The molecule has 2 N–H and O–H groups in total. The number of aromatic nitrogens is 1. The lowest BCUT2D eigenvalue weighted by atomic mass is 10.2. The van der Waals surface area contributed by atoms with Crippen LogP contribution in [0.5, 0.6) is 0 Å². The molecule has 0 fully saturated rings. The molecule has 0 aliphatic carbocycles. The average molecular weight is 264 g/mol. The maximum Gasteiger partial charge on any atom is 0.320 e. The Hall–Kier alpha value is -1.81. The van der Waals surface area contributed by atoms with Crippen LogP contribution in [-0.2, 0) is 0 Å². The number of rotatable bonds is 4. The van der Waals surface area contributed by atoms with Crippen molar-refractivity contribution >= 4 is 34.4 Å². The summed E-state index contributed by atoms with van der Waals surface area (Å²) in [6.45, 7) is 0.558. The maximum absolute atomic E-state index is 11.5. The number of carbonyl (C=O) groups excluding carboxylic acids is 1. The highest BCUT2D eigenvalue weighted by Gasteiger charge is 2.02. The standard InChI is InChI=1S/C13H14ClN3O/c14-8-3-9-15-13(18)17-12-7-6-10-4-1-2-5-11(10)16-12/h1-2,4-7H,3,8-9H2,(H2,15,16,17,18). The second-order valence-electron chi connectivity index (χ2n) is 3.81. The number of pyridine rings is 1. The Balaban J connectivity index is 2.01. The Labute approximate surface area is 110 Å². The number of benzene rings is 1. The van der Waals surface area contributed by atoms with Gasteiger partial charge in [-0.05, 0) is 24.6 Å². The van der Waals surface area contributed by atoms with E-state index in [9.17, 15) is 4.79 Å². The molecule has 0 atom stereocenters. The van der Waals surface area contributed by atoms with Crippen LogP contribution in [-0.4, -0.2) is 23.4 Å². The zero-order chi connectivity index (χ0) is 12.8. The van der Waals surface area contributed by atoms with Gasteiger partial charge in [0.1, 0.15) is 5.82 Å². The first-order valence-electron chi connectivity index (χ1n) is 5.76. The van der Waals surface area contributed by atoms with Crippen molar-refractivity contribution in [3.63, 3.8) is 0 Å². The molecule has 18 heavy (non-hydrogen) atoms. The summed E-state index contributed by atoms with van der Waals surface area (Å²) < 4.78 is 0. The number of hydrogen-bond acceptors (Lipinski definition) is 2. The minimum atomic E-state index is -0.261. The number of urea groups is 1. The van der Waals surface area contributed by atoms with Gasteiger partial charge in [0.15, 0.2) is 0 Å². The summed E-state index contributed by atoms with van der Waals surface area (Å²) >= 11 is 5.53. The van der Waals surface area contributed by atoms with Crippen LogP contribution in [0.3, 0.4) is 0 Å². The molecule has 0 radical (unpaired) electrons. The third-order valence-electron chi connectivity index (χ3n) is 2.44. The lowest BCUT2D eigenvalue weighted by Crippen LogP contribution is -2.30. The van der Waals surface area contributed by atoms with Crippen LogP contribution in [0.2, 0.25) is 0 Å². The Morgan fingerprint density at radius 3 is 2.89 bits per heavy atom. The second kappa shape index (κ2) is 6.21. The third kappa shape index (κ3) is 3.34. The van der Waals surface area contributed by atoms with Gasteiger partial charge in [-0.3, -0.25) is 5.32 Å².